The molecule has 4 nitrogen and oxygen atoms in total. The smallest absolute Gasteiger partial charge is 0.249 e. The first kappa shape index (κ1) is 14.4. The predicted molar refractivity (Wildman–Crippen MR) is 69.4 cm³/mol. The van der Waals surface area contributed by atoms with Gasteiger partial charge in [-0.1, -0.05) is 42.5 Å². The Kier molecular flexibility index (Phi) is 6.76. The summed E-state index contributed by atoms with van der Waals surface area (Å²) >= 11 is 0. The highest BCUT2D eigenvalue weighted by Crippen LogP contribution is 2.04. The number of hydrogen-bond acceptors (Lipinski definition) is 3. The molecule has 98 valence electrons. The van der Waals surface area contributed by atoms with Crippen molar-refractivity contribution < 1.29 is 14.7 Å². The molecule has 1 aromatic carbocycles. The van der Waals surface area contributed by atoms with E-state index in [0.717, 1.165) is 5.56 Å². The molecule has 1 aromatic rings. The van der Waals surface area contributed by atoms with Crippen molar-refractivity contribution in [3.05, 3.63) is 48.0 Å². The average molecular weight is 249 g/mol. The molecule has 1 amide bonds. The van der Waals surface area contributed by atoms with Gasteiger partial charge in [0.05, 0.1) is 19.1 Å². The highest BCUT2D eigenvalue weighted by Gasteiger charge is 2.15. The Morgan fingerprint density at radius 1 is 1.44 bits per heavy atom. The van der Waals surface area contributed by atoms with E-state index >= 15 is 0 Å². The Morgan fingerprint density at radius 3 is 2.78 bits per heavy atom. The van der Waals surface area contributed by atoms with Crippen molar-refractivity contribution in [2.24, 2.45) is 5.92 Å². The molecule has 0 fully saturated rings. The highest BCUT2D eigenvalue weighted by molar-refractivity contribution is 5.77. The molecule has 4 heteroatoms. The van der Waals surface area contributed by atoms with Crippen LogP contribution in [0.15, 0.2) is 42.5 Å². The van der Waals surface area contributed by atoms with Crippen molar-refractivity contribution in [2.45, 2.75) is 20.0 Å². The molecule has 1 rings (SSSR count). The number of amides is 1. The van der Waals surface area contributed by atoms with Gasteiger partial charge in [0.15, 0.2) is 0 Å². The van der Waals surface area contributed by atoms with Crippen LogP contribution >= 0.6 is 0 Å². The van der Waals surface area contributed by atoms with Gasteiger partial charge < -0.3 is 5.11 Å². The van der Waals surface area contributed by atoms with E-state index in [1.807, 2.05) is 49.4 Å². The van der Waals surface area contributed by atoms with Gasteiger partial charge in [0.1, 0.15) is 0 Å². The molecule has 0 aromatic heterocycles. The largest absolute Gasteiger partial charge is 0.396 e. The number of carbonyl (C=O) groups is 1. The molecule has 0 aliphatic carbocycles. The molecule has 2 N–H and O–H groups in total. The summed E-state index contributed by atoms with van der Waals surface area (Å²) in [7, 11) is 0. The van der Waals surface area contributed by atoms with E-state index in [9.17, 15) is 4.79 Å². The van der Waals surface area contributed by atoms with Crippen LogP contribution in [0.25, 0.3) is 0 Å². The van der Waals surface area contributed by atoms with E-state index in [1.165, 1.54) is 0 Å². The highest BCUT2D eigenvalue weighted by atomic mass is 16.6. The summed E-state index contributed by atoms with van der Waals surface area (Å²) in [6.45, 7) is 2.00. The minimum atomic E-state index is -0.461. The molecule has 1 unspecified atom stereocenters. The normalized spacial score (nSPS) is 12.6. The fraction of sp³-hybridized carbons (Fsp3) is 0.357. The number of allylic oxidation sites excluding steroid dienone is 2. The summed E-state index contributed by atoms with van der Waals surface area (Å²) in [5.41, 5.74) is 3.34. The molecule has 0 spiro atoms. The van der Waals surface area contributed by atoms with Crippen molar-refractivity contribution in [2.75, 3.05) is 6.61 Å². The minimum absolute atomic E-state index is 0.190. The van der Waals surface area contributed by atoms with Crippen LogP contribution in [0.1, 0.15) is 18.9 Å². The van der Waals surface area contributed by atoms with Crippen LogP contribution in [0, 0.1) is 5.92 Å². The van der Waals surface area contributed by atoms with Gasteiger partial charge in [0, 0.05) is 0 Å². The molecule has 18 heavy (non-hydrogen) atoms. The molecule has 0 radical (unpaired) electrons. The molecule has 0 heterocycles. The average Bonchev–Trinajstić information content (AvgIpc) is 2.41. The SMILES string of the molecule is C/C=C/CC(CO)C(=O)NOCc1ccccc1. The lowest BCUT2D eigenvalue weighted by Crippen LogP contribution is -2.32. The Balaban J connectivity index is 2.31. The third-order valence-electron chi connectivity index (χ3n) is 2.50. The Bertz CT molecular complexity index is 376. The lowest BCUT2D eigenvalue weighted by atomic mass is 10.1. The maximum absolute atomic E-state index is 11.6. The molecule has 0 saturated carbocycles. The monoisotopic (exact) mass is 249 g/mol. The van der Waals surface area contributed by atoms with Crippen LogP contribution in [-0.4, -0.2) is 17.6 Å². The van der Waals surface area contributed by atoms with Crippen molar-refractivity contribution in [1.82, 2.24) is 5.48 Å². The van der Waals surface area contributed by atoms with Crippen molar-refractivity contribution >= 4 is 5.91 Å². The van der Waals surface area contributed by atoms with E-state index in [-0.39, 0.29) is 12.5 Å². The second-order valence-corrected chi connectivity index (χ2v) is 3.92. The van der Waals surface area contributed by atoms with E-state index in [2.05, 4.69) is 5.48 Å². The molecule has 0 saturated heterocycles. The topological polar surface area (TPSA) is 58.6 Å². The first-order valence-corrected chi connectivity index (χ1v) is 5.95. The zero-order chi connectivity index (χ0) is 13.2. The van der Waals surface area contributed by atoms with Gasteiger partial charge in [-0.2, -0.15) is 0 Å². The third kappa shape index (κ3) is 5.12. The zero-order valence-electron chi connectivity index (χ0n) is 10.5. The number of aliphatic hydroxyl groups excluding tert-OH is 1. The zero-order valence-corrected chi connectivity index (χ0v) is 10.5. The van der Waals surface area contributed by atoms with Gasteiger partial charge in [0.25, 0.3) is 0 Å². The van der Waals surface area contributed by atoms with Crippen molar-refractivity contribution in [3.8, 4) is 0 Å². The van der Waals surface area contributed by atoms with Gasteiger partial charge in [0.2, 0.25) is 5.91 Å². The number of hydrogen-bond donors (Lipinski definition) is 2. The second-order valence-electron chi connectivity index (χ2n) is 3.92. The standard InChI is InChI=1S/C14H19NO3/c1-2-3-9-13(10-16)14(17)15-18-11-12-7-5-4-6-8-12/h2-8,13,16H,9-11H2,1H3,(H,15,17)/b3-2+. The van der Waals surface area contributed by atoms with E-state index < -0.39 is 5.92 Å². The third-order valence-corrected chi connectivity index (χ3v) is 2.50. The number of hydroxylamine groups is 1. The van der Waals surface area contributed by atoms with Gasteiger partial charge in [-0.05, 0) is 18.9 Å². The van der Waals surface area contributed by atoms with Crippen LogP contribution in [0.5, 0.6) is 0 Å². The predicted octanol–water partition coefficient (Wildman–Crippen LogP) is 1.81. The number of carbonyl (C=O) groups excluding carboxylic acids is 1. The molecule has 1 atom stereocenters. The quantitative estimate of drug-likeness (QED) is 0.572. The summed E-state index contributed by atoms with van der Waals surface area (Å²) < 4.78 is 0. The number of aliphatic hydroxyl groups is 1. The molecular weight excluding hydrogens is 230 g/mol. The Hall–Kier alpha value is -1.65. The number of nitrogens with one attached hydrogen (secondary N) is 1. The van der Waals surface area contributed by atoms with Gasteiger partial charge in [-0.3, -0.25) is 9.63 Å². The summed E-state index contributed by atoms with van der Waals surface area (Å²) in [6.07, 6.45) is 4.20. The Labute approximate surface area is 107 Å². The van der Waals surface area contributed by atoms with E-state index in [4.69, 9.17) is 9.94 Å². The number of rotatable bonds is 7. The maximum atomic E-state index is 11.6. The first-order valence-electron chi connectivity index (χ1n) is 5.95. The minimum Gasteiger partial charge on any atom is -0.396 e. The first-order chi connectivity index (χ1) is 8.77. The summed E-state index contributed by atoms with van der Waals surface area (Å²) in [6, 6.07) is 9.55. The number of benzene rings is 1. The molecule has 0 aliphatic rings. The lowest BCUT2D eigenvalue weighted by Gasteiger charge is -2.12. The fourth-order valence-electron chi connectivity index (χ4n) is 1.41. The van der Waals surface area contributed by atoms with Crippen LogP contribution in [-0.2, 0) is 16.2 Å². The van der Waals surface area contributed by atoms with Crippen LogP contribution < -0.4 is 5.48 Å². The van der Waals surface area contributed by atoms with Crippen LogP contribution in [0.2, 0.25) is 0 Å². The second kappa shape index (κ2) is 8.44. The fourth-order valence-corrected chi connectivity index (χ4v) is 1.41. The summed E-state index contributed by atoms with van der Waals surface area (Å²) in [5, 5.41) is 9.09. The molecule has 0 aliphatic heterocycles. The van der Waals surface area contributed by atoms with Crippen LogP contribution in [0.3, 0.4) is 0 Å². The van der Waals surface area contributed by atoms with Gasteiger partial charge >= 0.3 is 0 Å². The van der Waals surface area contributed by atoms with Crippen molar-refractivity contribution in [1.29, 1.82) is 0 Å². The maximum Gasteiger partial charge on any atom is 0.249 e. The van der Waals surface area contributed by atoms with E-state index in [1.54, 1.807) is 0 Å². The van der Waals surface area contributed by atoms with Crippen molar-refractivity contribution in [3.63, 3.8) is 0 Å². The summed E-state index contributed by atoms with van der Waals surface area (Å²) in [4.78, 5) is 16.7. The van der Waals surface area contributed by atoms with Gasteiger partial charge in [-0.15, -0.1) is 0 Å². The van der Waals surface area contributed by atoms with Gasteiger partial charge in [-0.25, -0.2) is 5.48 Å². The Morgan fingerprint density at radius 2 is 2.17 bits per heavy atom. The lowest BCUT2D eigenvalue weighted by molar-refractivity contribution is -0.140. The van der Waals surface area contributed by atoms with Crippen LogP contribution in [0.4, 0.5) is 0 Å². The molecular formula is C14H19NO3. The summed E-state index contributed by atoms with van der Waals surface area (Å²) in [5.74, 6) is -0.761. The van der Waals surface area contributed by atoms with E-state index in [0.29, 0.717) is 13.0 Å². The molecule has 0 bridgehead atoms.